The van der Waals surface area contributed by atoms with E-state index in [0.29, 0.717) is 0 Å². The fourth-order valence-corrected chi connectivity index (χ4v) is 2.63. The number of hydrogen-bond acceptors (Lipinski definition) is 4. The van der Waals surface area contributed by atoms with Gasteiger partial charge in [0.2, 0.25) is 5.78 Å². The third-order valence-corrected chi connectivity index (χ3v) is 4.34. The Morgan fingerprint density at radius 1 is 0.926 bits per heavy atom. The fraction of sp³-hybridized carbons (Fsp3) is 0.429. The normalized spacial score (nSPS) is 12.3. The predicted molar refractivity (Wildman–Crippen MR) is 108 cm³/mol. The van der Waals surface area contributed by atoms with E-state index in [0.717, 1.165) is 22.8 Å². The lowest BCUT2D eigenvalue weighted by Crippen LogP contribution is -2.13. The molecule has 0 radical (unpaired) electrons. The van der Waals surface area contributed by atoms with Gasteiger partial charge in [0.15, 0.2) is 5.65 Å². The summed E-state index contributed by atoms with van der Waals surface area (Å²) in [6, 6.07) is 4.13. The molecule has 0 aromatic carbocycles. The van der Waals surface area contributed by atoms with Crippen LogP contribution in [0.25, 0.3) is 11.4 Å². The van der Waals surface area contributed by atoms with Crippen molar-refractivity contribution in [1.29, 1.82) is 0 Å². The van der Waals surface area contributed by atoms with Gasteiger partial charge in [-0.25, -0.2) is 19.5 Å². The molecule has 4 aromatic rings. The van der Waals surface area contributed by atoms with Crippen LogP contribution in [0.5, 0.6) is 0 Å². The number of aryl methyl sites for hydroxylation is 1. The molecular weight excluding hydrogens is 336 g/mol. The van der Waals surface area contributed by atoms with E-state index >= 15 is 0 Å². The first-order valence-electron chi connectivity index (χ1n) is 9.17. The van der Waals surface area contributed by atoms with E-state index in [1.165, 1.54) is 5.56 Å². The zero-order chi connectivity index (χ0) is 19.8. The van der Waals surface area contributed by atoms with Gasteiger partial charge >= 0.3 is 0 Å². The molecule has 0 spiro atoms. The monoisotopic (exact) mass is 364 g/mol. The van der Waals surface area contributed by atoms with Crippen LogP contribution in [0.15, 0.2) is 43.1 Å². The summed E-state index contributed by atoms with van der Waals surface area (Å²) >= 11 is 0. The minimum absolute atomic E-state index is 0.0849. The summed E-state index contributed by atoms with van der Waals surface area (Å²) in [5.74, 6) is 0.787. The highest BCUT2D eigenvalue weighted by Crippen LogP contribution is 2.21. The van der Waals surface area contributed by atoms with Crippen LogP contribution in [0.4, 0.5) is 0 Å². The summed E-state index contributed by atoms with van der Waals surface area (Å²) in [4.78, 5) is 13.1. The summed E-state index contributed by atoms with van der Waals surface area (Å²) in [5.41, 5.74) is 4.43. The highest BCUT2D eigenvalue weighted by molar-refractivity contribution is 5.40. The van der Waals surface area contributed by atoms with E-state index in [1.54, 1.807) is 10.7 Å². The predicted octanol–water partition coefficient (Wildman–Crippen LogP) is 4.36. The molecule has 0 saturated heterocycles. The van der Waals surface area contributed by atoms with Crippen LogP contribution in [0, 0.1) is 6.92 Å². The molecule has 0 fully saturated rings. The first-order valence-corrected chi connectivity index (χ1v) is 9.17. The lowest BCUT2D eigenvalue weighted by Gasteiger charge is -2.17. The average Bonchev–Trinajstić information content (AvgIpc) is 3.16. The van der Waals surface area contributed by atoms with Gasteiger partial charge in [-0.05, 0) is 30.0 Å². The Morgan fingerprint density at radius 3 is 2.33 bits per heavy atom. The molecule has 0 aliphatic rings. The van der Waals surface area contributed by atoms with E-state index < -0.39 is 0 Å². The Labute approximate surface area is 160 Å². The standard InChI is InChI=1S/C11H15N3.C10H13N3/c1-8-7-14-6-5-9(11(2,3)4)13-10(14)12-8;1-10(2,3)8-6-9-11-4-5-13(9)12-7-8/h5-7H,1-4H3;4-7H,1-3H3. The summed E-state index contributed by atoms with van der Waals surface area (Å²) in [6.45, 7) is 15.0. The lowest BCUT2D eigenvalue weighted by molar-refractivity contribution is 0.568. The number of nitrogens with zero attached hydrogens (tertiary/aromatic N) is 6. The molecule has 0 atom stereocenters. The third kappa shape index (κ3) is 4.32. The summed E-state index contributed by atoms with van der Waals surface area (Å²) in [7, 11) is 0. The minimum atomic E-state index is 0.0849. The van der Waals surface area contributed by atoms with Crippen LogP contribution < -0.4 is 0 Å². The molecule has 0 saturated carbocycles. The maximum Gasteiger partial charge on any atom is 0.234 e. The van der Waals surface area contributed by atoms with Gasteiger partial charge in [0.25, 0.3) is 0 Å². The van der Waals surface area contributed by atoms with E-state index in [4.69, 9.17) is 0 Å². The molecule has 4 aromatic heterocycles. The Bertz CT molecular complexity index is 1060. The quantitative estimate of drug-likeness (QED) is 0.465. The SMILES string of the molecule is CC(C)(C)c1cnn2ccnc2c1.Cc1cn2ccc(C(C)(C)C)nc2n1. The molecule has 0 aliphatic heterocycles. The summed E-state index contributed by atoms with van der Waals surface area (Å²) in [6.07, 6.45) is 9.50. The number of imidazole rings is 2. The second-order valence-corrected chi connectivity index (χ2v) is 8.88. The fourth-order valence-electron chi connectivity index (χ4n) is 2.63. The van der Waals surface area contributed by atoms with Gasteiger partial charge in [-0.1, -0.05) is 41.5 Å². The van der Waals surface area contributed by atoms with Crippen LogP contribution in [0.2, 0.25) is 0 Å². The molecule has 0 unspecified atom stereocenters. The van der Waals surface area contributed by atoms with Crippen LogP contribution in [-0.2, 0) is 10.8 Å². The first-order chi connectivity index (χ1) is 12.5. The van der Waals surface area contributed by atoms with Crippen molar-refractivity contribution >= 4 is 11.4 Å². The summed E-state index contributed by atoms with van der Waals surface area (Å²) < 4.78 is 3.72. The molecule has 142 valence electrons. The molecule has 4 rings (SSSR count). The minimum Gasteiger partial charge on any atom is -0.291 e. The van der Waals surface area contributed by atoms with Gasteiger partial charge in [0.05, 0.1) is 17.6 Å². The number of rotatable bonds is 0. The maximum absolute atomic E-state index is 4.52. The van der Waals surface area contributed by atoms with Crippen LogP contribution >= 0.6 is 0 Å². The van der Waals surface area contributed by atoms with Crippen molar-refractivity contribution in [2.24, 2.45) is 0 Å². The second-order valence-electron chi connectivity index (χ2n) is 8.88. The molecule has 27 heavy (non-hydrogen) atoms. The molecule has 0 N–H and O–H groups in total. The molecule has 6 heteroatoms. The van der Waals surface area contributed by atoms with Crippen LogP contribution in [-0.4, -0.2) is 29.0 Å². The lowest BCUT2D eigenvalue weighted by atomic mass is 9.89. The highest BCUT2D eigenvalue weighted by atomic mass is 15.2. The van der Waals surface area contributed by atoms with Gasteiger partial charge in [0, 0.05) is 30.2 Å². The van der Waals surface area contributed by atoms with Crippen molar-refractivity contribution in [2.45, 2.75) is 59.3 Å². The molecular formula is C21H28N6. The summed E-state index contributed by atoms with van der Waals surface area (Å²) in [5, 5.41) is 4.26. The largest absolute Gasteiger partial charge is 0.291 e. The van der Waals surface area contributed by atoms with E-state index in [9.17, 15) is 0 Å². The van der Waals surface area contributed by atoms with E-state index in [1.807, 2.05) is 42.2 Å². The van der Waals surface area contributed by atoms with Crippen LogP contribution in [0.3, 0.4) is 0 Å². The molecule has 6 nitrogen and oxygen atoms in total. The maximum atomic E-state index is 4.52. The van der Waals surface area contributed by atoms with E-state index in [-0.39, 0.29) is 10.8 Å². The smallest absolute Gasteiger partial charge is 0.234 e. The van der Waals surface area contributed by atoms with Gasteiger partial charge in [-0.2, -0.15) is 5.10 Å². The Kier molecular flexibility index (Phi) is 4.76. The number of fused-ring (bicyclic) bond motifs is 2. The second kappa shape index (κ2) is 6.76. The Morgan fingerprint density at radius 2 is 1.67 bits per heavy atom. The first kappa shape index (κ1) is 19.0. The van der Waals surface area contributed by atoms with Crippen LogP contribution in [0.1, 0.15) is 58.5 Å². The van der Waals surface area contributed by atoms with Crippen molar-refractivity contribution in [3.8, 4) is 0 Å². The van der Waals surface area contributed by atoms with Crippen molar-refractivity contribution in [3.63, 3.8) is 0 Å². The highest BCUT2D eigenvalue weighted by Gasteiger charge is 2.16. The van der Waals surface area contributed by atoms with Crippen molar-refractivity contribution in [3.05, 3.63) is 60.1 Å². The van der Waals surface area contributed by atoms with Crippen molar-refractivity contribution in [1.82, 2.24) is 29.0 Å². The topological polar surface area (TPSA) is 60.4 Å². The number of aromatic nitrogens is 6. The molecule has 4 heterocycles. The zero-order valence-corrected chi connectivity index (χ0v) is 17.2. The van der Waals surface area contributed by atoms with E-state index in [2.05, 4.69) is 67.7 Å². The van der Waals surface area contributed by atoms with Crippen molar-refractivity contribution in [2.75, 3.05) is 0 Å². The van der Waals surface area contributed by atoms with Gasteiger partial charge < -0.3 is 0 Å². The zero-order valence-electron chi connectivity index (χ0n) is 17.2. The number of hydrogen-bond donors (Lipinski definition) is 0. The molecule has 0 bridgehead atoms. The van der Waals surface area contributed by atoms with Crippen molar-refractivity contribution < 1.29 is 0 Å². The average molecular weight is 364 g/mol. The Balaban J connectivity index is 0.000000156. The van der Waals surface area contributed by atoms with Gasteiger partial charge in [-0.15, -0.1) is 0 Å². The molecule has 0 amide bonds. The van der Waals surface area contributed by atoms with Gasteiger partial charge in [0.1, 0.15) is 0 Å². The molecule has 0 aliphatic carbocycles. The Hall–Kier alpha value is -2.76. The third-order valence-electron chi connectivity index (χ3n) is 4.34. The van der Waals surface area contributed by atoms with Gasteiger partial charge in [-0.3, -0.25) is 4.40 Å².